The Morgan fingerprint density at radius 3 is 2.59 bits per heavy atom. The molecule has 1 aromatic heterocycles. The summed E-state index contributed by atoms with van der Waals surface area (Å²) in [5, 5.41) is 16.7. The molecule has 3 heterocycles. The molecular formula is C29H28F3N5O4. The predicted molar refractivity (Wildman–Crippen MR) is 147 cm³/mol. The summed E-state index contributed by atoms with van der Waals surface area (Å²) in [5.41, 5.74) is -1.08. The van der Waals surface area contributed by atoms with Gasteiger partial charge in [0.2, 0.25) is 5.91 Å². The van der Waals surface area contributed by atoms with E-state index in [0.717, 1.165) is 18.9 Å². The van der Waals surface area contributed by atoms with E-state index in [0.29, 0.717) is 13.1 Å². The number of methoxy groups -OCH3 is 1. The van der Waals surface area contributed by atoms with Crippen molar-refractivity contribution in [2.24, 2.45) is 0 Å². The van der Waals surface area contributed by atoms with Gasteiger partial charge in [0.25, 0.3) is 0 Å². The highest BCUT2D eigenvalue weighted by atomic mass is 19.1. The molecule has 2 aliphatic heterocycles. The van der Waals surface area contributed by atoms with Crippen molar-refractivity contribution < 1.29 is 32.5 Å². The zero-order chi connectivity index (χ0) is 28.8. The predicted octanol–water partition coefficient (Wildman–Crippen LogP) is 4.04. The van der Waals surface area contributed by atoms with Gasteiger partial charge in [-0.3, -0.25) is 4.79 Å². The monoisotopic (exact) mass is 567 g/mol. The maximum absolute atomic E-state index is 16.6. The lowest BCUT2D eigenvalue weighted by atomic mass is 9.94. The fourth-order valence-corrected chi connectivity index (χ4v) is 5.86. The van der Waals surface area contributed by atoms with Crippen molar-refractivity contribution in [1.29, 1.82) is 0 Å². The number of nitrogens with one attached hydrogen (secondary N) is 2. The first kappa shape index (κ1) is 26.9. The molecule has 214 valence electrons. The van der Waals surface area contributed by atoms with E-state index in [1.807, 2.05) is 4.90 Å². The second-order valence-electron chi connectivity index (χ2n) is 10.3. The fraction of sp³-hybridized carbons (Fsp3) is 0.345. The molecule has 2 fully saturated rings. The van der Waals surface area contributed by atoms with Gasteiger partial charge < -0.3 is 30.1 Å². The number of nitrogens with zero attached hydrogens (tertiary/aromatic N) is 3. The Labute approximate surface area is 233 Å². The Bertz CT molecular complexity index is 1670. The third-order valence-electron chi connectivity index (χ3n) is 7.55. The SMILES string of the molecule is COc1c(F)c(-c2cc(O)cc3cccc(F)c23)c(F)c2nc(OCCNC(C)=O)nc(N3CC4CCC(C3)N4)c12. The minimum atomic E-state index is -1.08. The number of phenols is 1. The van der Waals surface area contributed by atoms with E-state index in [1.165, 1.54) is 38.3 Å². The van der Waals surface area contributed by atoms with E-state index in [9.17, 15) is 9.90 Å². The summed E-state index contributed by atoms with van der Waals surface area (Å²) in [6, 6.07) is 6.78. The van der Waals surface area contributed by atoms with Gasteiger partial charge in [-0.25, -0.2) is 13.2 Å². The largest absolute Gasteiger partial charge is 0.508 e. The van der Waals surface area contributed by atoms with E-state index in [4.69, 9.17) is 9.47 Å². The van der Waals surface area contributed by atoms with E-state index < -0.39 is 23.0 Å². The molecule has 2 saturated heterocycles. The lowest BCUT2D eigenvalue weighted by Crippen LogP contribution is -2.51. The van der Waals surface area contributed by atoms with Gasteiger partial charge >= 0.3 is 6.01 Å². The van der Waals surface area contributed by atoms with Crippen LogP contribution in [0, 0.1) is 17.5 Å². The maximum Gasteiger partial charge on any atom is 0.319 e. The Morgan fingerprint density at radius 1 is 1.12 bits per heavy atom. The quantitative estimate of drug-likeness (QED) is 0.287. The van der Waals surface area contributed by atoms with Crippen LogP contribution in [0.3, 0.4) is 0 Å². The first-order valence-electron chi connectivity index (χ1n) is 13.3. The average molecular weight is 568 g/mol. The number of anilines is 1. The van der Waals surface area contributed by atoms with E-state index >= 15 is 13.2 Å². The summed E-state index contributed by atoms with van der Waals surface area (Å²) in [4.78, 5) is 22.0. The Morgan fingerprint density at radius 2 is 1.88 bits per heavy atom. The van der Waals surface area contributed by atoms with Crippen molar-refractivity contribution in [3.8, 4) is 28.6 Å². The molecule has 41 heavy (non-hydrogen) atoms. The Kier molecular flexibility index (Phi) is 6.94. The highest BCUT2D eigenvalue weighted by molar-refractivity contribution is 6.04. The number of piperazine rings is 1. The smallest absolute Gasteiger partial charge is 0.319 e. The Balaban J connectivity index is 1.59. The van der Waals surface area contributed by atoms with Crippen LogP contribution in [0.2, 0.25) is 0 Å². The number of phenolic OH excluding ortho intramolecular Hbond substituents is 1. The molecule has 6 rings (SSSR count). The van der Waals surface area contributed by atoms with Crippen LogP contribution in [0.5, 0.6) is 17.5 Å². The minimum Gasteiger partial charge on any atom is -0.508 e. The van der Waals surface area contributed by atoms with Crippen molar-refractivity contribution in [3.63, 3.8) is 0 Å². The summed E-state index contributed by atoms with van der Waals surface area (Å²) in [5.74, 6) is -3.47. The summed E-state index contributed by atoms with van der Waals surface area (Å²) < 4.78 is 59.2. The number of fused-ring (bicyclic) bond motifs is 4. The van der Waals surface area contributed by atoms with Crippen molar-refractivity contribution in [1.82, 2.24) is 20.6 Å². The fourth-order valence-electron chi connectivity index (χ4n) is 5.86. The number of halogens is 3. The first-order valence-corrected chi connectivity index (χ1v) is 13.3. The lowest BCUT2D eigenvalue weighted by molar-refractivity contribution is -0.119. The van der Waals surface area contributed by atoms with Crippen LogP contribution >= 0.6 is 0 Å². The van der Waals surface area contributed by atoms with Crippen LogP contribution in [-0.2, 0) is 4.79 Å². The van der Waals surface area contributed by atoms with Gasteiger partial charge in [0.1, 0.15) is 29.5 Å². The second kappa shape index (κ2) is 10.6. The number of aromatic nitrogens is 2. The van der Waals surface area contributed by atoms with Gasteiger partial charge in [0.15, 0.2) is 17.4 Å². The van der Waals surface area contributed by atoms with Gasteiger partial charge in [0, 0.05) is 43.0 Å². The van der Waals surface area contributed by atoms with Crippen molar-refractivity contribution in [2.75, 3.05) is 38.3 Å². The van der Waals surface area contributed by atoms with Crippen LogP contribution in [0.25, 0.3) is 32.8 Å². The molecule has 3 aromatic carbocycles. The van der Waals surface area contributed by atoms with Gasteiger partial charge in [-0.2, -0.15) is 9.97 Å². The lowest BCUT2D eigenvalue weighted by Gasteiger charge is -2.34. The zero-order valence-electron chi connectivity index (χ0n) is 22.4. The molecule has 3 N–H and O–H groups in total. The van der Waals surface area contributed by atoms with Crippen molar-refractivity contribution >= 4 is 33.4 Å². The van der Waals surface area contributed by atoms with Crippen LogP contribution in [0.4, 0.5) is 19.0 Å². The van der Waals surface area contributed by atoms with Crippen molar-refractivity contribution in [2.45, 2.75) is 31.8 Å². The average Bonchev–Trinajstić information content (AvgIpc) is 3.28. The zero-order valence-corrected chi connectivity index (χ0v) is 22.4. The maximum atomic E-state index is 16.6. The van der Waals surface area contributed by atoms with E-state index in [2.05, 4.69) is 20.6 Å². The summed E-state index contributed by atoms with van der Waals surface area (Å²) in [6.07, 6.45) is 1.93. The molecule has 0 saturated carbocycles. The van der Waals surface area contributed by atoms with Gasteiger partial charge in [-0.1, -0.05) is 12.1 Å². The van der Waals surface area contributed by atoms with Gasteiger partial charge in [-0.05, 0) is 36.4 Å². The standard InChI is InChI=1S/C29H28F3N5O4/c1-14(38)33-8-9-41-29-35-26-23(28(36-29)37-12-16-6-7-17(13-37)34-16)27(40-2)25(32)22(24(26)31)19-11-18(39)10-15-4-3-5-20(30)21(15)19/h3-5,10-11,16-17,34,39H,6-9,12-13H2,1-2H3,(H,33,38). The molecule has 12 heteroatoms. The van der Waals surface area contributed by atoms with Crippen LogP contribution in [0.1, 0.15) is 19.8 Å². The second-order valence-corrected chi connectivity index (χ2v) is 10.3. The number of amides is 1. The number of hydrogen-bond donors (Lipinski definition) is 3. The number of ether oxygens (including phenoxy) is 2. The molecule has 9 nitrogen and oxygen atoms in total. The molecule has 2 atom stereocenters. The first-order chi connectivity index (χ1) is 19.7. The molecule has 0 aliphatic carbocycles. The molecular weight excluding hydrogens is 539 g/mol. The molecule has 0 spiro atoms. The number of rotatable bonds is 7. The third kappa shape index (κ3) is 4.82. The van der Waals surface area contributed by atoms with Crippen LogP contribution < -0.4 is 25.0 Å². The number of carbonyl (C=O) groups excluding carboxylic acids is 1. The van der Waals surface area contributed by atoms with Crippen molar-refractivity contribution in [3.05, 3.63) is 47.8 Å². The molecule has 2 bridgehead atoms. The van der Waals surface area contributed by atoms with Crippen LogP contribution in [-0.4, -0.2) is 66.4 Å². The number of benzene rings is 3. The highest BCUT2D eigenvalue weighted by Gasteiger charge is 2.36. The normalized spacial score (nSPS) is 18.2. The summed E-state index contributed by atoms with van der Waals surface area (Å²) >= 11 is 0. The number of aromatic hydroxyl groups is 1. The molecule has 0 radical (unpaired) electrons. The third-order valence-corrected chi connectivity index (χ3v) is 7.55. The van der Waals surface area contributed by atoms with Gasteiger partial charge in [-0.15, -0.1) is 0 Å². The topological polar surface area (TPSA) is 109 Å². The molecule has 1 amide bonds. The summed E-state index contributed by atoms with van der Waals surface area (Å²) in [6.45, 7) is 2.63. The molecule has 2 aliphatic rings. The molecule has 2 unspecified atom stereocenters. The Hall–Kier alpha value is -4.32. The van der Waals surface area contributed by atoms with E-state index in [-0.39, 0.29) is 81.7 Å². The number of hydrogen-bond acceptors (Lipinski definition) is 8. The van der Waals surface area contributed by atoms with E-state index in [1.54, 1.807) is 0 Å². The van der Waals surface area contributed by atoms with Crippen LogP contribution in [0.15, 0.2) is 30.3 Å². The minimum absolute atomic E-state index is 0.00649. The number of carbonyl (C=O) groups is 1. The summed E-state index contributed by atoms with van der Waals surface area (Å²) in [7, 11) is 1.25. The highest BCUT2D eigenvalue weighted by Crippen LogP contribution is 2.46. The molecule has 4 aromatic rings. The van der Waals surface area contributed by atoms with Gasteiger partial charge in [0.05, 0.1) is 24.6 Å².